The molecule has 0 radical (unpaired) electrons. The molecule has 4 N–H and O–H groups in total. The van der Waals surface area contributed by atoms with E-state index in [-0.39, 0.29) is 30.8 Å². The zero-order chi connectivity index (χ0) is 16.8. The first-order chi connectivity index (χ1) is 10.2. The molecule has 0 saturated heterocycles. The number of nitrogens with zero attached hydrogens (tertiary/aromatic N) is 1. The summed E-state index contributed by atoms with van der Waals surface area (Å²) in [4.78, 5) is 4.06. The SMILES string of the molecule is CCS(=O)(=O)NCCN=C(N)NC(C)c1ccc(Cl)cc1Cl. The molecule has 0 spiro atoms. The molecular weight excluding hydrogens is 347 g/mol. The van der Waals surface area contributed by atoms with Crippen LogP contribution >= 0.6 is 23.2 Å². The van der Waals surface area contributed by atoms with Gasteiger partial charge in [-0.2, -0.15) is 0 Å². The summed E-state index contributed by atoms with van der Waals surface area (Å²) in [5.41, 5.74) is 6.61. The Morgan fingerprint density at radius 1 is 1.41 bits per heavy atom. The average Bonchev–Trinajstić information content (AvgIpc) is 2.43. The molecule has 1 rings (SSSR count). The Labute approximate surface area is 141 Å². The Balaban J connectivity index is 2.53. The number of halogens is 2. The number of guanidine groups is 1. The quantitative estimate of drug-likeness (QED) is 0.390. The van der Waals surface area contributed by atoms with Crippen molar-refractivity contribution in [3.63, 3.8) is 0 Å². The molecule has 1 aromatic rings. The Hall–Kier alpha value is -1.02. The topological polar surface area (TPSA) is 96.6 Å². The Bertz CT molecular complexity index is 635. The first kappa shape index (κ1) is 19.0. The minimum atomic E-state index is -3.20. The molecule has 9 heteroatoms. The van der Waals surface area contributed by atoms with E-state index in [1.165, 1.54) is 0 Å². The molecule has 0 aliphatic carbocycles. The van der Waals surface area contributed by atoms with Gasteiger partial charge in [-0.3, -0.25) is 4.99 Å². The fourth-order valence-corrected chi connectivity index (χ4v) is 2.86. The summed E-state index contributed by atoms with van der Waals surface area (Å²) in [6.45, 7) is 3.91. The Morgan fingerprint density at radius 2 is 2.09 bits per heavy atom. The number of nitrogens with two attached hydrogens (primary N) is 1. The van der Waals surface area contributed by atoms with Gasteiger partial charge in [-0.15, -0.1) is 0 Å². The standard InChI is InChI=1S/C13H20Cl2N4O2S/c1-3-22(20,21)18-7-6-17-13(16)19-9(2)11-5-4-10(14)8-12(11)15/h4-5,8-9,18H,3,6-7H2,1-2H3,(H3,16,17,19). The Morgan fingerprint density at radius 3 is 2.68 bits per heavy atom. The van der Waals surface area contributed by atoms with Gasteiger partial charge in [0.25, 0.3) is 0 Å². The largest absolute Gasteiger partial charge is 0.370 e. The zero-order valence-electron chi connectivity index (χ0n) is 12.4. The van der Waals surface area contributed by atoms with Crippen molar-refractivity contribution in [2.24, 2.45) is 10.7 Å². The van der Waals surface area contributed by atoms with Crippen LogP contribution < -0.4 is 15.8 Å². The van der Waals surface area contributed by atoms with Crippen LogP contribution in [0.4, 0.5) is 0 Å². The molecule has 0 saturated carbocycles. The molecule has 0 heterocycles. The molecule has 0 aliphatic rings. The molecule has 0 aromatic heterocycles. The van der Waals surface area contributed by atoms with Gasteiger partial charge in [0.2, 0.25) is 10.0 Å². The molecular formula is C13H20Cl2N4O2S. The van der Waals surface area contributed by atoms with E-state index in [1.807, 2.05) is 13.0 Å². The number of nitrogens with one attached hydrogen (secondary N) is 2. The highest BCUT2D eigenvalue weighted by Crippen LogP contribution is 2.25. The third-order valence-electron chi connectivity index (χ3n) is 2.89. The lowest BCUT2D eigenvalue weighted by Gasteiger charge is -2.16. The molecule has 22 heavy (non-hydrogen) atoms. The highest BCUT2D eigenvalue weighted by atomic mass is 35.5. The predicted octanol–water partition coefficient (Wildman–Crippen LogP) is 1.90. The van der Waals surface area contributed by atoms with E-state index < -0.39 is 10.0 Å². The van der Waals surface area contributed by atoms with Crippen LogP contribution in [-0.2, 0) is 10.0 Å². The van der Waals surface area contributed by atoms with Crippen LogP contribution in [0, 0.1) is 0 Å². The molecule has 0 fully saturated rings. The molecule has 1 atom stereocenters. The normalized spacial score (nSPS) is 13.9. The first-order valence-corrected chi connectivity index (χ1v) is 9.14. The van der Waals surface area contributed by atoms with Gasteiger partial charge in [0, 0.05) is 16.6 Å². The van der Waals surface area contributed by atoms with E-state index in [0.717, 1.165) is 5.56 Å². The van der Waals surface area contributed by atoms with Crippen LogP contribution in [-0.4, -0.2) is 33.2 Å². The summed E-state index contributed by atoms with van der Waals surface area (Å²) >= 11 is 12.0. The molecule has 1 unspecified atom stereocenters. The van der Waals surface area contributed by atoms with Crippen LogP contribution in [0.5, 0.6) is 0 Å². The minimum Gasteiger partial charge on any atom is -0.370 e. The first-order valence-electron chi connectivity index (χ1n) is 6.74. The third kappa shape index (κ3) is 6.39. The van der Waals surface area contributed by atoms with Gasteiger partial charge in [0.15, 0.2) is 5.96 Å². The molecule has 1 aromatic carbocycles. The van der Waals surface area contributed by atoms with Crippen LogP contribution in [0.1, 0.15) is 25.5 Å². The molecule has 0 amide bonds. The van der Waals surface area contributed by atoms with Gasteiger partial charge in [-0.05, 0) is 31.5 Å². The van der Waals surface area contributed by atoms with E-state index in [0.29, 0.717) is 10.0 Å². The molecule has 0 aliphatic heterocycles. The highest BCUT2D eigenvalue weighted by molar-refractivity contribution is 7.89. The predicted molar refractivity (Wildman–Crippen MR) is 92.0 cm³/mol. The van der Waals surface area contributed by atoms with Crippen molar-refractivity contribution in [2.75, 3.05) is 18.8 Å². The second-order valence-corrected chi connectivity index (χ2v) is 7.54. The minimum absolute atomic E-state index is 0.0382. The summed E-state index contributed by atoms with van der Waals surface area (Å²) < 4.78 is 24.9. The monoisotopic (exact) mass is 366 g/mol. The lowest BCUT2D eigenvalue weighted by molar-refractivity contribution is 0.583. The van der Waals surface area contributed by atoms with Gasteiger partial charge in [0.1, 0.15) is 0 Å². The van der Waals surface area contributed by atoms with Crippen molar-refractivity contribution < 1.29 is 8.42 Å². The van der Waals surface area contributed by atoms with Crippen molar-refractivity contribution >= 4 is 39.2 Å². The van der Waals surface area contributed by atoms with Crippen molar-refractivity contribution in [3.8, 4) is 0 Å². The molecule has 0 bridgehead atoms. The van der Waals surface area contributed by atoms with Crippen molar-refractivity contribution in [3.05, 3.63) is 33.8 Å². The van der Waals surface area contributed by atoms with Crippen LogP contribution in [0.2, 0.25) is 10.0 Å². The van der Waals surface area contributed by atoms with E-state index in [1.54, 1.807) is 19.1 Å². The number of hydrogen-bond acceptors (Lipinski definition) is 3. The third-order valence-corrected chi connectivity index (χ3v) is 4.86. The van der Waals surface area contributed by atoms with E-state index >= 15 is 0 Å². The number of benzene rings is 1. The van der Waals surface area contributed by atoms with Crippen LogP contribution in [0.3, 0.4) is 0 Å². The molecule has 6 nitrogen and oxygen atoms in total. The number of hydrogen-bond donors (Lipinski definition) is 3. The lowest BCUT2D eigenvalue weighted by Crippen LogP contribution is -2.35. The van der Waals surface area contributed by atoms with E-state index in [4.69, 9.17) is 28.9 Å². The Kier molecular flexibility index (Phi) is 7.41. The van der Waals surface area contributed by atoms with Crippen LogP contribution in [0.25, 0.3) is 0 Å². The second-order valence-electron chi connectivity index (χ2n) is 4.60. The van der Waals surface area contributed by atoms with Gasteiger partial charge in [-0.25, -0.2) is 13.1 Å². The van der Waals surface area contributed by atoms with Crippen molar-refractivity contribution in [1.82, 2.24) is 10.0 Å². The summed E-state index contributed by atoms with van der Waals surface area (Å²) in [6.07, 6.45) is 0. The molecule has 124 valence electrons. The fraction of sp³-hybridized carbons (Fsp3) is 0.462. The maximum Gasteiger partial charge on any atom is 0.211 e. The van der Waals surface area contributed by atoms with Crippen molar-refractivity contribution in [2.45, 2.75) is 19.9 Å². The van der Waals surface area contributed by atoms with E-state index in [2.05, 4.69) is 15.0 Å². The maximum atomic E-state index is 11.2. The van der Waals surface area contributed by atoms with Crippen molar-refractivity contribution in [1.29, 1.82) is 0 Å². The van der Waals surface area contributed by atoms with Gasteiger partial charge in [0.05, 0.1) is 18.3 Å². The summed E-state index contributed by atoms with van der Waals surface area (Å²) in [5.74, 6) is 0.255. The van der Waals surface area contributed by atoms with Gasteiger partial charge in [-0.1, -0.05) is 29.3 Å². The smallest absolute Gasteiger partial charge is 0.211 e. The second kappa shape index (κ2) is 8.57. The highest BCUT2D eigenvalue weighted by Gasteiger charge is 2.10. The fourth-order valence-electron chi connectivity index (χ4n) is 1.68. The summed E-state index contributed by atoms with van der Waals surface area (Å²) in [6, 6.07) is 5.06. The summed E-state index contributed by atoms with van der Waals surface area (Å²) in [7, 11) is -3.20. The zero-order valence-corrected chi connectivity index (χ0v) is 14.8. The van der Waals surface area contributed by atoms with E-state index in [9.17, 15) is 8.42 Å². The van der Waals surface area contributed by atoms with Crippen LogP contribution in [0.15, 0.2) is 23.2 Å². The van der Waals surface area contributed by atoms with Gasteiger partial charge >= 0.3 is 0 Å². The maximum absolute atomic E-state index is 11.2. The number of aliphatic imine (C=N–C) groups is 1. The number of rotatable bonds is 7. The number of sulfonamides is 1. The summed E-state index contributed by atoms with van der Waals surface area (Å²) in [5, 5.41) is 4.09. The van der Waals surface area contributed by atoms with Gasteiger partial charge < -0.3 is 11.1 Å². The average molecular weight is 367 g/mol. The lowest BCUT2D eigenvalue weighted by atomic mass is 10.1.